The van der Waals surface area contributed by atoms with Crippen molar-refractivity contribution in [2.75, 3.05) is 20.2 Å². The molecule has 208 valence electrons. The second-order valence-electron chi connectivity index (χ2n) is 12.3. The molecule has 1 saturated carbocycles. The summed E-state index contributed by atoms with van der Waals surface area (Å²) in [6, 6.07) is 8.79. The Morgan fingerprint density at radius 2 is 1.82 bits per heavy atom. The van der Waals surface area contributed by atoms with E-state index in [-0.39, 0.29) is 42.1 Å². The van der Waals surface area contributed by atoms with Crippen LogP contribution in [0.4, 0.5) is 4.79 Å². The highest BCUT2D eigenvalue weighted by molar-refractivity contribution is 6.82. The largest absolute Gasteiger partial charge is 0.463 e. The van der Waals surface area contributed by atoms with Crippen molar-refractivity contribution in [2.24, 2.45) is 0 Å². The molecular formula is C28H43N5O4Si. The molecule has 2 heterocycles. The van der Waals surface area contributed by atoms with Crippen LogP contribution in [0.3, 0.4) is 0 Å². The molecule has 0 bridgehead atoms. The fourth-order valence-corrected chi connectivity index (χ4v) is 8.52. The summed E-state index contributed by atoms with van der Waals surface area (Å²) in [4.78, 5) is 40.9. The van der Waals surface area contributed by atoms with Gasteiger partial charge in [0.05, 0.1) is 25.4 Å². The number of hydrogen-bond donors (Lipinski definition) is 3. The highest BCUT2D eigenvalue weighted by atomic mass is 28.3. The van der Waals surface area contributed by atoms with Crippen LogP contribution in [0, 0.1) is 0 Å². The Balaban J connectivity index is 1.50. The third-order valence-corrected chi connectivity index (χ3v) is 12.3. The monoisotopic (exact) mass is 541 g/mol. The first-order chi connectivity index (χ1) is 17.8. The van der Waals surface area contributed by atoms with Crippen LogP contribution in [0.15, 0.2) is 41.6 Å². The molecule has 1 aromatic rings. The minimum Gasteiger partial charge on any atom is -0.463 e. The van der Waals surface area contributed by atoms with Gasteiger partial charge in [-0.1, -0.05) is 63.3 Å². The van der Waals surface area contributed by atoms with Gasteiger partial charge in [-0.05, 0) is 32.3 Å². The van der Waals surface area contributed by atoms with Gasteiger partial charge in [-0.15, -0.1) is 0 Å². The van der Waals surface area contributed by atoms with Gasteiger partial charge in [0.25, 0.3) is 0 Å². The molecule has 3 N–H and O–H groups in total. The summed E-state index contributed by atoms with van der Waals surface area (Å²) in [5.74, 6) is -0.173. The maximum atomic E-state index is 13.7. The van der Waals surface area contributed by atoms with E-state index in [9.17, 15) is 14.4 Å². The average Bonchev–Trinajstić information content (AvgIpc) is 3.27. The van der Waals surface area contributed by atoms with Crippen molar-refractivity contribution in [1.82, 2.24) is 26.0 Å². The lowest BCUT2D eigenvalue weighted by Gasteiger charge is -2.49. The Morgan fingerprint density at radius 3 is 2.37 bits per heavy atom. The number of amides is 3. The van der Waals surface area contributed by atoms with E-state index in [4.69, 9.17) is 4.74 Å². The molecule has 2 aliphatic heterocycles. The maximum absolute atomic E-state index is 13.7. The number of esters is 1. The molecule has 10 heteroatoms. The number of benzene rings is 1. The molecule has 1 aliphatic carbocycles. The molecule has 0 radical (unpaired) electrons. The van der Waals surface area contributed by atoms with Gasteiger partial charge in [-0.2, -0.15) is 0 Å². The highest BCUT2D eigenvalue weighted by Crippen LogP contribution is 2.55. The van der Waals surface area contributed by atoms with E-state index in [1.54, 1.807) is 11.8 Å². The Bertz CT molecular complexity index is 1110. The van der Waals surface area contributed by atoms with Crippen LogP contribution in [0.5, 0.6) is 0 Å². The van der Waals surface area contributed by atoms with Crippen LogP contribution in [0.25, 0.3) is 0 Å². The van der Waals surface area contributed by atoms with Crippen LogP contribution < -0.4 is 16.1 Å². The maximum Gasteiger partial charge on any atom is 0.319 e. The van der Waals surface area contributed by atoms with E-state index < -0.39 is 19.7 Å². The van der Waals surface area contributed by atoms with Crippen molar-refractivity contribution in [2.45, 2.75) is 88.9 Å². The fraction of sp³-hybridized carbons (Fsp3) is 0.607. The molecule has 1 fully saturated rings. The van der Waals surface area contributed by atoms with E-state index in [2.05, 4.69) is 35.7 Å². The number of rotatable bonds is 8. The van der Waals surface area contributed by atoms with E-state index in [0.29, 0.717) is 6.54 Å². The Hall–Kier alpha value is -2.85. The zero-order valence-corrected chi connectivity index (χ0v) is 24.8. The Labute approximate surface area is 227 Å². The number of nitrogens with one attached hydrogen (secondary N) is 3. The van der Waals surface area contributed by atoms with Gasteiger partial charge in [-0.25, -0.2) is 9.80 Å². The summed E-state index contributed by atoms with van der Waals surface area (Å²) < 4.78 is 5.40. The van der Waals surface area contributed by atoms with Crippen molar-refractivity contribution in [1.29, 1.82) is 0 Å². The van der Waals surface area contributed by atoms with Crippen molar-refractivity contribution < 1.29 is 19.1 Å². The number of ether oxygens (including phenoxy) is 1. The second kappa shape index (κ2) is 10.4. The van der Waals surface area contributed by atoms with E-state index in [1.165, 1.54) is 0 Å². The molecule has 0 spiro atoms. The lowest BCUT2D eigenvalue weighted by Crippen LogP contribution is -2.60. The molecule has 0 saturated heterocycles. The summed E-state index contributed by atoms with van der Waals surface area (Å²) in [6.45, 7) is 13.0. The molecule has 0 aromatic heterocycles. The molecule has 38 heavy (non-hydrogen) atoms. The number of hydrazine groups is 1. The molecule has 1 aromatic carbocycles. The van der Waals surface area contributed by atoms with Crippen LogP contribution in [-0.2, 0) is 14.3 Å². The minimum absolute atomic E-state index is 0.0578. The normalized spacial score (nSPS) is 22.7. The van der Waals surface area contributed by atoms with E-state index in [0.717, 1.165) is 36.1 Å². The topological polar surface area (TPSA) is 103 Å². The van der Waals surface area contributed by atoms with Crippen molar-refractivity contribution in [3.8, 4) is 0 Å². The number of nitrogens with zero attached hydrogens (tertiary/aromatic N) is 2. The summed E-state index contributed by atoms with van der Waals surface area (Å²) in [5.41, 5.74) is 5.60. The van der Waals surface area contributed by atoms with Gasteiger partial charge < -0.3 is 25.7 Å². The first kappa shape index (κ1) is 28.2. The van der Waals surface area contributed by atoms with E-state index in [1.807, 2.05) is 56.2 Å². The Morgan fingerprint density at radius 1 is 1.16 bits per heavy atom. The third-order valence-electron chi connectivity index (χ3n) is 8.73. The molecular weight excluding hydrogens is 498 g/mol. The molecule has 9 nitrogen and oxygen atoms in total. The first-order valence-electron chi connectivity index (χ1n) is 13.6. The van der Waals surface area contributed by atoms with Crippen molar-refractivity contribution >= 4 is 26.0 Å². The van der Waals surface area contributed by atoms with Crippen molar-refractivity contribution in [3.05, 3.63) is 47.2 Å². The smallest absolute Gasteiger partial charge is 0.319 e. The molecule has 1 unspecified atom stereocenters. The minimum atomic E-state index is -1.72. The number of hydrogen-bond acceptors (Lipinski definition) is 6. The van der Waals surface area contributed by atoms with Gasteiger partial charge in [0.1, 0.15) is 12.8 Å². The van der Waals surface area contributed by atoms with E-state index >= 15 is 0 Å². The van der Waals surface area contributed by atoms with Crippen LogP contribution in [-0.4, -0.2) is 67.8 Å². The predicted molar refractivity (Wildman–Crippen MR) is 149 cm³/mol. The number of urea groups is 1. The third kappa shape index (κ3) is 4.95. The second-order valence-corrected chi connectivity index (χ2v) is 17.7. The molecule has 3 amide bonds. The summed E-state index contributed by atoms with van der Waals surface area (Å²) >= 11 is 0. The van der Waals surface area contributed by atoms with Gasteiger partial charge >= 0.3 is 12.0 Å². The van der Waals surface area contributed by atoms with Crippen LogP contribution >= 0.6 is 0 Å². The van der Waals surface area contributed by atoms with Gasteiger partial charge in [0, 0.05) is 30.6 Å². The summed E-state index contributed by atoms with van der Waals surface area (Å²) in [5, 5.41) is 8.13. The standard InChI is InChI=1S/C28H43N5O4Si/c1-8-22(34)37-18-21(19-13-10-9-11-14-19)29-26(36)33-17-20-23(27(33,2)3)31-32(4)24(20)30-25(35)28(15-12-16-28)38(5,6)7/h9-11,13-14,21,24,31H,8,12,15-18H2,1-7H3,(H,29,36)(H,30,35)/t21-,24?/m1/s1. The summed E-state index contributed by atoms with van der Waals surface area (Å²) in [7, 11) is 0.208. The molecule has 2 atom stereocenters. The van der Waals surface area contributed by atoms with Crippen LogP contribution in [0.1, 0.15) is 58.1 Å². The Kier molecular flexibility index (Phi) is 7.69. The van der Waals surface area contributed by atoms with Gasteiger partial charge in [0.2, 0.25) is 5.91 Å². The SMILES string of the molecule is CCC(=O)OC[C@@H](NC(=O)N1CC2=C(NN(C)C2NC(=O)C2([Si](C)(C)C)CCC2)C1(C)C)c1ccccc1. The summed E-state index contributed by atoms with van der Waals surface area (Å²) in [6.07, 6.45) is 2.96. The van der Waals surface area contributed by atoms with Gasteiger partial charge in [0.15, 0.2) is 0 Å². The zero-order valence-electron chi connectivity index (χ0n) is 23.8. The van der Waals surface area contributed by atoms with Crippen molar-refractivity contribution in [3.63, 3.8) is 0 Å². The lowest BCUT2D eigenvalue weighted by molar-refractivity contribution is -0.144. The lowest BCUT2D eigenvalue weighted by atomic mass is 9.83. The van der Waals surface area contributed by atoms with Gasteiger partial charge in [-0.3, -0.25) is 9.59 Å². The fourth-order valence-electron chi connectivity index (χ4n) is 5.91. The first-order valence-corrected chi connectivity index (χ1v) is 17.1. The number of carbonyl (C=O) groups excluding carboxylic acids is 3. The average molecular weight is 542 g/mol. The quantitative estimate of drug-likeness (QED) is 0.341. The number of carbonyl (C=O) groups is 3. The highest BCUT2D eigenvalue weighted by Gasteiger charge is 2.55. The number of likely N-dealkylation sites (N-methyl/N-ethyl adjacent to an activating group) is 1. The molecule has 4 rings (SSSR count). The zero-order chi connectivity index (χ0) is 27.9. The predicted octanol–water partition coefficient (Wildman–Crippen LogP) is 3.89. The molecule has 3 aliphatic rings. The van der Waals surface area contributed by atoms with Crippen LogP contribution in [0.2, 0.25) is 24.7 Å².